The summed E-state index contributed by atoms with van der Waals surface area (Å²) < 4.78 is 0.830. The zero-order chi connectivity index (χ0) is 13.8. The fraction of sp³-hybridized carbons (Fsp3) is 0.0667. The van der Waals surface area contributed by atoms with Crippen molar-refractivity contribution in [3.63, 3.8) is 0 Å². The van der Waals surface area contributed by atoms with Crippen LogP contribution in [0.2, 0.25) is 0 Å². The molecular formula is C15H13BrN4. The zero-order valence-corrected chi connectivity index (χ0v) is 12.3. The first-order chi connectivity index (χ1) is 9.83. The first kappa shape index (κ1) is 12.9. The molecule has 2 aromatic heterocycles. The van der Waals surface area contributed by atoms with E-state index in [-0.39, 0.29) is 0 Å². The summed E-state index contributed by atoms with van der Waals surface area (Å²) >= 11 is 3.32. The number of hydrogen-bond donors (Lipinski definition) is 2. The molecule has 3 rings (SSSR count). The average Bonchev–Trinajstić information content (AvgIpc) is 2.96. The van der Waals surface area contributed by atoms with Crippen LogP contribution in [-0.4, -0.2) is 15.2 Å². The predicted molar refractivity (Wildman–Crippen MR) is 83.3 cm³/mol. The van der Waals surface area contributed by atoms with E-state index in [4.69, 9.17) is 0 Å². The molecule has 0 amide bonds. The third-order valence-corrected chi connectivity index (χ3v) is 3.46. The quantitative estimate of drug-likeness (QED) is 0.715. The lowest BCUT2D eigenvalue weighted by atomic mass is 10.1. The number of benzene rings is 1. The van der Waals surface area contributed by atoms with Crippen LogP contribution in [0.15, 0.2) is 59.5 Å². The van der Waals surface area contributed by atoms with Gasteiger partial charge in [0, 0.05) is 12.1 Å². The van der Waals surface area contributed by atoms with E-state index in [9.17, 15) is 0 Å². The van der Waals surface area contributed by atoms with Crippen molar-refractivity contribution in [3.05, 3.63) is 65.0 Å². The molecule has 2 N–H and O–H groups in total. The normalized spacial score (nSPS) is 10.4. The molecule has 0 radical (unpaired) electrons. The summed E-state index contributed by atoms with van der Waals surface area (Å²) in [5.74, 6) is 0. The number of nitrogens with zero attached hydrogens (tertiary/aromatic N) is 2. The molecule has 0 saturated carbocycles. The van der Waals surface area contributed by atoms with Crippen molar-refractivity contribution in [1.29, 1.82) is 0 Å². The van der Waals surface area contributed by atoms with Crippen LogP contribution < -0.4 is 5.32 Å². The van der Waals surface area contributed by atoms with Crippen LogP contribution in [0.3, 0.4) is 0 Å². The Hall–Kier alpha value is -2.14. The van der Waals surface area contributed by atoms with Crippen molar-refractivity contribution in [2.45, 2.75) is 6.54 Å². The molecule has 0 aliphatic rings. The van der Waals surface area contributed by atoms with E-state index in [1.54, 1.807) is 6.20 Å². The van der Waals surface area contributed by atoms with Crippen LogP contribution in [0.4, 0.5) is 5.69 Å². The van der Waals surface area contributed by atoms with Gasteiger partial charge < -0.3 is 5.32 Å². The van der Waals surface area contributed by atoms with Crippen molar-refractivity contribution >= 4 is 21.6 Å². The summed E-state index contributed by atoms with van der Waals surface area (Å²) in [5, 5.41) is 10.5. The molecule has 4 nitrogen and oxygen atoms in total. The summed E-state index contributed by atoms with van der Waals surface area (Å²) in [4.78, 5) is 4.19. The largest absolute Gasteiger partial charge is 0.380 e. The van der Waals surface area contributed by atoms with E-state index in [2.05, 4.69) is 48.6 Å². The van der Waals surface area contributed by atoms with Crippen molar-refractivity contribution in [2.75, 3.05) is 5.32 Å². The number of pyridine rings is 1. The minimum absolute atomic E-state index is 0.698. The summed E-state index contributed by atoms with van der Waals surface area (Å²) in [6, 6.07) is 14.1. The molecule has 0 fully saturated rings. The standard InChI is InChI=1S/C15H13BrN4/c16-14-7-6-13(10-18-14)17-8-12-9-19-20-15(12)11-4-2-1-3-5-11/h1-7,9-10,17H,8H2,(H,19,20). The van der Waals surface area contributed by atoms with Gasteiger partial charge in [-0.2, -0.15) is 5.10 Å². The van der Waals surface area contributed by atoms with E-state index < -0.39 is 0 Å². The number of rotatable bonds is 4. The van der Waals surface area contributed by atoms with Gasteiger partial charge >= 0.3 is 0 Å². The zero-order valence-electron chi connectivity index (χ0n) is 10.7. The van der Waals surface area contributed by atoms with E-state index in [0.717, 1.165) is 27.1 Å². The Kier molecular flexibility index (Phi) is 3.78. The molecule has 0 aliphatic carbocycles. The maximum atomic E-state index is 4.19. The molecule has 100 valence electrons. The topological polar surface area (TPSA) is 53.6 Å². The lowest BCUT2D eigenvalue weighted by Gasteiger charge is -2.07. The molecule has 0 saturated heterocycles. The van der Waals surface area contributed by atoms with Crippen LogP contribution in [0, 0.1) is 0 Å². The van der Waals surface area contributed by atoms with Gasteiger partial charge in [-0.1, -0.05) is 30.3 Å². The molecule has 0 spiro atoms. The number of aromatic amines is 1. The number of hydrogen-bond acceptors (Lipinski definition) is 3. The Morgan fingerprint density at radius 1 is 1.05 bits per heavy atom. The van der Waals surface area contributed by atoms with Gasteiger partial charge in [-0.3, -0.25) is 5.10 Å². The van der Waals surface area contributed by atoms with Crippen LogP contribution in [0.25, 0.3) is 11.3 Å². The second-order valence-corrected chi connectivity index (χ2v) is 5.17. The maximum absolute atomic E-state index is 4.19. The van der Waals surface area contributed by atoms with Gasteiger partial charge in [0.1, 0.15) is 4.60 Å². The molecule has 0 aliphatic heterocycles. The number of nitrogens with one attached hydrogen (secondary N) is 2. The highest BCUT2D eigenvalue weighted by atomic mass is 79.9. The van der Waals surface area contributed by atoms with E-state index >= 15 is 0 Å². The van der Waals surface area contributed by atoms with Crippen molar-refractivity contribution < 1.29 is 0 Å². The Morgan fingerprint density at radius 3 is 2.65 bits per heavy atom. The van der Waals surface area contributed by atoms with Crippen LogP contribution in [0.1, 0.15) is 5.56 Å². The Bertz CT molecular complexity index is 677. The molecule has 2 heterocycles. The lowest BCUT2D eigenvalue weighted by molar-refractivity contribution is 1.10. The Balaban J connectivity index is 1.76. The highest BCUT2D eigenvalue weighted by molar-refractivity contribution is 9.10. The number of H-pyrrole nitrogens is 1. The molecule has 3 aromatic rings. The molecule has 5 heteroatoms. The van der Waals surface area contributed by atoms with Crippen LogP contribution in [0.5, 0.6) is 0 Å². The summed E-state index contributed by atoms with van der Waals surface area (Å²) in [6.45, 7) is 0.698. The predicted octanol–water partition coefficient (Wildman–Crippen LogP) is 3.85. The fourth-order valence-electron chi connectivity index (χ4n) is 1.98. The maximum Gasteiger partial charge on any atom is 0.106 e. The van der Waals surface area contributed by atoms with Crippen LogP contribution >= 0.6 is 15.9 Å². The van der Waals surface area contributed by atoms with Gasteiger partial charge in [-0.25, -0.2) is 4.98 Å². The van der Waals surface area contributed by atoms with Gasteiger partial charge in [0.25, 0.3) is 0 Å². The lowest BCUT2D eigenvalue weighted by Crippen LogP contribution is -2.00. The molecule has 0 unspecified atom stereocenters. The monoisotopic (exact) mass is 328 g/mol. The first-order valence-electron chi connectivity index (χ1n) is 6.26. The van der Waals surface area contributed by atoms with Crippen molar-refractivity contribution in [1.82, 2.24) is 15.2 Å². The third kappa shape index (κ3) is 2.88. The minimum atomic E-state index is 0.698. The third-order valence-electron chi connectivity index (χ3n) is 2.99. The Labute approximate surface area is 125 Å². The Morgan fingerprint density at radius 2 is 1.90 bits per heavy atom. The fourth-order valence-corrected chi connectivity index (χ4v) is 2.21. The second kappa shape index (κ2) is 5.88. The van der Waals surface area contributed by atoms with E-state index in [1.165, 1.54) is 0 Å². The van der Waals surface area contributed by atoms with Gasteiger partial charge in [0.15, 0.2) is 0 Å². The SMILES string of the molecule is Brc1ccc(NCc2cn[nH]c2-c2ccccc2)cn1. The van der Waals surface area contributed by atoms with Gasteiger partial charge in [0.05, 0.1) is 23.8 Å². The average molecular weight is 329 g/mol. The highest BCUT2D eigenvalue weighted by Gasteiger charge is 2.07. The summed E-state index contributed by atoms with van der Waals surface area (Å²) in [6.07, 6.45) is 3.65. The van der Waals surface area contributed by atoms with Crippen LogP contribution in [-0.2, 0) is 6.54 Å². The smallest absolute Gasteiger partial charge is 0.106 e. The molecule has 0 atom stereocenters. The summed E-state index contributed by atoms with van der Waals surface area (Å²) in [5.41, 5.74) is 4.28. The van der Waals surface area contributed by atoms with Gasteiger partial charge in [0.2, 0.25) is 0 Å². The van der Waals surface area contributed by atoms with Crippen molar-refractivity contribution in [3.8, 4) is 11.3 Å². The molecule has 0 bridgehead atoms. The van der Waals surface area contributed by atoms with Gasteiger partial charge in [-0.05, 0) is 33.6 Å². The van der Waals surface area contributed by atoms with Gasteiger partial charge in [-0.15, -0.1) is 0 Å². The van der Waals surface area contributed by atoms with E-state index in [1.807, 2.05) is 36.5 Å². The second-order valence-electron chi connectivity index (χ2n) is 4.36. The van der Waals surface area contributed by atoms with Crippen molar-refractivity contribution in [2.24, 2.45) is 0 Å². The number of anilines is 1. The highest BCUT2D eigenvalue weighted by Crippen LogP contribution is 2.21. The van der Waals surface area contributed by atoms with E-state index in [0.29, 0.717) is 6.54 Å². The number of halogens is 1. The molecule has 20 heavy (non-hydrogen) atoms. The minimum Gasteiger partial charge on any atom is -0.380 e. The summed E-state index contributed by atoms with van der Waals surface area (Å²) in [7, 11) is 0. The number of aromatic nitrogens is 3. The first-order valence-corrected chi connectivity index (χ1v) is 7.05. The molecular weight excluding hydrogens is 316 g/mol. The molecule has 1 aromatic carbocycles.